The van der Waals surface area contributed by atoms with Crippen molar-refractivity contribution >= 4 is 5.91 Å². The smallest absolute Gasteiger partial charge is 0.224 e. The van der Waals surface area contributed by atoms with Crippen LogP contribution in [0.1, 0.15) is 49.5 Å². The van der Waals surface area contributed by atoms with Gasteiger partial charge in [-0.2, -0.15) is 5.10 Å². The molecule has 1 fully saturated rings. The molecule has 0 N–H and O–H groups in total. The molecule has 1 saturated carbocycles. The van der Waals surface area contributed by atoms with E-state index in [-0.39, 0.29) is 11.9 Å². The largest absolute Gasteiger partial charge is 0.340 e. The highest BCUT2D eigenvalue weighted by Crippen LogP contribution is 2.31. The fourth-order valence-corrected chi connectivity index (χ4v) is 4.30. The molecule has 1 amide bonds. The van der Waals surface area contributed by atoms with Crippen molar-refractivity contribution in [2.24, 2.45) is 0 Å². The first kappa shape index (κ1) is 17.2. The molecule has 26 heavy (non-hydrogen) atoms. The maximum Gasteiger partial charge on any atom is 0.224 e. The van der Waals surface area contributed by atoms with E-state index in [9.17, 15) is 4.79 Å². The fraction of sp³-hybridized carbons (Fsp3) is 0.550. The van der Waals surface area contributed by atoms with E-state index >= 15 is 0 Å². The van der Waals surface area contributed by atoms with E-state index in [4.69, 9.17) is 0 Å². The Kier molecular flexibility index (Phi) is 5.02. The Bertz CT molecular complexity index is 738. The molecule has 0 bridgehead atoms. The summed E-state index contributed by atoms with van der Waals surface area (Å²) >= 11 is 0. The molecule has 2 aromatic rings. The number of carbonyl (C=O) groups is 1. The Labute approximate surface area is 154 Å². The predicted molar refractivity (Wildman–Crippen MR) is 99.3 cm³/mol. The van der Waals surface area contributed by atoms with Crippen LogP contribution in [0.25, 0.3) is 0 Å². The number of hydrogen-bond donors (Lipinski definition) is 0. The molecular weight excluding hydrogens is 326 g/mol. The Morgan fingerprint density at radius 1 is 1.23 bits per heavy atom. The third-order valence-corrected chi connectivity index (χ3v) is 5.71. The quantitative estimate of drug-likeness (QED) is 0.829. The van der Waals surface area contributed by atoms with E-state index in [1.54, 1.807) is 11.1 Å². The van der Waals surface area contributed by atoms with Crippen molar-refractivity contribution in [3.63, 3.8) is 0 Å². The molecule has 0 radical (unpaired) electrons. The average molecular weight is 353 g/mol. The number of pyridine rings is 1. The molecule has 138 valence electrons. The number of rotatable bonds is 5. The summed E-state index contributed by atoms with van der Waals surface area (Å²) in [5, 5.41) is 4.50. The lowest BCUT2D eigenvalue weighted by molar-refractivity contribution is -0.131. The normalized spacial score (nSPS) is 20.9. The minimum atomic E-state index is 0.119. The summed E-state index contributed by atoms with van der Waals surface area (Å²) in [5.74, 6) is 0.148. The van der Waals surface area contributed by atoms with Gasteiger partial charge in [-0.05, 0) is 31.0 Å². The van der Waals surface area contributed by atoms with Crippen molar-refractivity contribution in [2.45, 2.75) is 57.3 Å². The van der Waals surface area contributed by atoms with Crippen LogP contribution < -0.4 is 0 Å². The number of aromatic nitrogens is 3. The van der Waals surface area contributed by atoms with Crippen molar-refractivity contribution in [1.29, 1.82) is 0 Å². The molecule has 0 saturated heterocycles. The average Bonchev–Trinajstić information content (AvgIpc) is 3.34. The zero-order chi connectivity index (χ0) is 17.9. The highest BCUT2D eigenvalue weighted by molar-refractivity contribution is 5.76. The van der Waals surface area contributed by atoms with Crippen molar-refractivity contribution < 1.29 is 4.79 Å². The van der Waals surface area contributed by atoms with Crippen molar-refractivity contribution in [3.05, 3.63) is 48.0 Å². The second kappa shape index (κ2) is 7.58. The van der Waals surface area contributed by atoms with Crippen molar-refractivity contribution in [3.8, 4) is 0 Å². The van der Waals surface area contributed by atoms with Crippen LogP contribution in [0.15, 0.2) is 36.7 Å². The molecule has 1 aliphatic carbocycles. The van der Waals surface area contributed by atoms with Crippen LogP contribution in [0.2, 0.25) is 0 Å². The molecule has 1 atom stereocenters. The van der Waals surface area contributed by atoms with Gasteiger partial charge in [0.05, 0.1) is 30.4 Å². The second-order valence-corrected chi connectivity index (χ2v) is 7.56. The number of nitrogens with zero attached hydrogens (tertiary/aromatic N) is 5. The predicted octanol–water partition coefficient (Wildman–Crippen LogP) is 2.63. The van der Waals surface area contributed by atoms with Gasteiger partial charge in [-0.1, -0.05) is 18.9 Å². The summed E-state index contributed by atoms with van der Waals surface area (Å²) in [5.41, 5.74) is 2.15. The molecular formula is C20H27N5O. The first-order valence-corrected chi connectivity index (χ1v) is 9.61. The summed E-state index contributed by atoms with van der Waals surface area (Å²) < 4.78 is 2.07. The molecule has 0 spiro atoms. The minimum Gasteiger partial charge on any atom is -0.340 e. The lowest BCUT2D eigenvalue weighted by atomic mass is 10.1. The topological polar surface area (TPSA) is 54.3 Å². The second-order valence-electron chi connectivity index (χ2n) is 7.56. The number of hydrogen-bond acceptors (Lipinski definition) is 4. The molecule has 1 aliphatic heterocycles. The summed E-state index contributed by atoms with van der Waals surface area (Å²) in [6.07, 6.45) is 9.35. The molecule has 4 rings (SSSR count). The third kappa shape index (κ3) is 3.65. The first-order chi connectivity index (χ1) is 12.7. The maximum absolute atomic E-state index is 12.8. The molecule has 2 aliphatic rings. The maximum atomic E-state index is 12.8. The van der Waals surface area contributed by atoms with Gasteiger partial charge >= 0.3 is 0 Å². The first-order valence-electron chi connectivity index (χ1n) is 9.61. The summed E-state index contributed by atoms with van der Waals surface area (Å²) in [6, 6.07) is 8.69. The van der Waals surface area contributed by atoms with Gasteiger partial charge in [0, 0.05) is 38.6 Å². The Balaban J connectivity index is 1.43. The van der Waals surface area contributed by atoms with Crippen LogP contribution >= 0.6 is 0 Å². The van der Waals surface area contributed by atoms with Gasteiger partial charge in [0.25, 0.3) is 0 Å². The molecule has 6 heteroatoms. The highest BCUT2D eigenvalue weighted by Gasteiger charge is 2.32. The van der Waals surface area contributed by atoms with Crippen LogP contribution in [0.5, 0.6) is 0 Å². The standard InChI is InChI=1S/C20H27N5O/c1-23(13-16-6-4-5-10-21-16)20(26)12-19-15-24(17-7-2-3-8-17)14-18-9-11-22-25(18)19/h4-6,9-11,17,19H,2-3,7-8,12-15H2,1H3/t19-/m0/s1. The van der Waals surface area contributed by atoms with E-state index in [2.05, 4.69) is 25.7 Å². The van der Waals surface area contributed by atoms with Gasteiger partial charge in [0.1, 0.15) is 0 Å². The van der Waals surface area contributed by atoms with Crippen LogP contribution in [0.4, 0.5) is 0 Å². The molecule has 3 heterocycles. The van der Waals surface area contributed by atoms with Crippen LogP contribution in [0.3, 0.4) is 0 Å². The van der Waals surface area contributed by atoms with Crippen LogP contribution in [-0.2, 0) is 17.9 Å². The molecule has 0 unspecified atom stereocenters. The number of amides is 1. The molecule has 2 aromatic heterocycles. The minimum absolute atomic E-state index is 0.119. The van der Waals surface area contributed by atoms with Gasteiger partial charge in [0.2, 0.25) is 5.91 Å². The van der Waals surface area contributed by atoms with E-state index in [0.717, 1.165) is 18.8 Å². The lowest BCUT2D eigenvalue weighted by Gasteiger charge is -2.37. The zero-order valence-electron chi connectivity index (χ0n) is 15.4. The molecule has 0 aromatic carbocycles. The highest BCUT2D eigenvalue weighted by atomic mass is 16.2. The lowest BCUT2D eigenvalue weighted by Crippen LogP contribution is -2.44. The van der Waals surface area contributed by atoms with E-state index in [0.29, 0.717) is 19.0 Å². The molecule has 6 nitrogen and oxygen atoms in total. The van der Waals surface area contributed by atoms with Gasteiger partial charge in [-0.25, -0.2) is 0 Å². The Morgan fingerprint density at radius 3 is 2.85 bits per heavy atom. The zero-order valence-corrected chi connectivity index (χ0v) is 15.4. The van der Waals surface area contributed by atoms with Crippen molar-refractivity contribution in [1.82, 2.24) is 24.6 Å². The SMILES string of the molecule is CN(Cc1ccccn1)C(=O)C[C@H]1CN(C2CCCC2)Cc2ccnn21. The van der Waals surface area contributed by atoms with Gasteiger partial charge in [0.15, 0.2) is 0 Å². The van der Waals surface area contributed by atoms with Gasteiger partial charge in [-0.3, -0.25) is 19.4 Å². The van der Waals surface area contributed by atoms with Crippen LogP contribution in [-0.4, -0.2) is 50.1 Å². The van der Waals surface area contributed by atoms with E-state index in [1.807, 2.05) is 31.4 Å². The van der Waals surface area contributed by atoms with E-state index in [1.165, 1.54) is 31.4 Å². The summed E-state index contributed by atoms with van der Waals surface area (Å²) in [6.45, 7) is 2.42. The monoisotopic (exact) mass is 353 g/mol. The van der Waals surface area contributed by atoms with E-state index < -0.39 is 0 Å². The Morgan fingerprint density at radius 2 is 2.08 bits per heavy atom. The summed E-state index contributed by atoms with van der Waals surface area (Å²) in [7, 11) is 1.86. The van der Waals surface area contributed by atoms with Gasteiger partial charge < -0.3 is 4.90 Å². The fourth-order valence-electron chi connectivity index (χ4n) is 4.30. The number of fused-ring (bicyclic) bond motifs is 1. The third-order valence-electron chi connectivity index (χ3n) is 5.71. The van der Waals surface area contributed by atoms with Crippen molar-refractivity contribution in [2.75, 3.05) is 13.6 Å². The summed E-state index contributed by atoms with van der Waals surface area (Å²) in [4.78, 5) is 21.5. The number of carbonyl (C=O) groups excluding carboxylic acids is 1. The van der Waals surface area contributed by atoms with Gasteiger partial charge in [-0.15, -0.1) is 0 Å². The van der Waals surface area contributed by atoms with Crippen LogP contribution in [0, 0.1) is 0 Å². The Hall–Kier alpha value is -2.21.